The van der Waals surface area contributed by atoms with Gasteiger partial charge in [0.2, 0.25) is 5.91 Å². The van der Waals surface area contributed by atoms with E-state index < -0.39 is 0 Å². The van der Waals surface area contributed by atoms with Crippen molar-refractivity contribution in [3.8, 4) is 0 Å². The molecule has 0 aliphatic carbocycles. The summed E-state index contributed by atoms with van der Waals surface area (Å²) in [5.41, 5.74) is 8.42. The first-order valence-electron chi connectivity index (χ1n) is 5.06. The summed E-state index contributed by atoms with van der Waals surface area (Å²) in [7, 11) is 0. The molecular weight excluding hydrogens is 222 g/mol. The Hall–Kier alpha value is -1.62. The average molecular weight is 235 g/mol. The predicted octanol–water partition coefficient (Wildman–Crippen LogP) is 2.54. The number of nitrogen functional groups attached to an aromatic ring is 1. The maximum atomic E-state index is 11.2. The van der Waals surface area contributed by atoms with E-state index in [2.05, 4.69) is 10.3 Å². The number of nitrogens with two attached hydrogens (primary N) is 1. The van der Waals surface area contributed by atoms with Crippen molar-refractivity contribution in [2.75, 3.05) is 11.1 Å². The van der Waals surface area contributed by atoms with Crippen LogP contribution >= 0.6 is 11.3 Å². The first-order valence-corrected chi connectivity index (χ1v) is 5.88. The van der Waals surface area contributed by atoms with Crippen LogP contribution in [0.4, 0.5) is 10.8 Å². The molecule has 0 bridgehead atoms. The van der Waals surface area contributed by atoms with E-state index in [1.807, 2.05) is 26.0 Å². The van der Waals surface area contributed by atoms with Gasteiger partial charge < -0.3 is 11.1 Å². The van der Waals surface area contributed by atoms with Gasteiger partial charge in [0.1, 0.15) is 0 Å². The Morgan fingerprint density at radius 3 is 3.00 bits per heavy atom. The van der Waals surface area contributed by atoms with E-state index in [0.717, 1.165) is 21.5 Å². The fourth-order valence-corrected chi connectivity index (χ4v) is 2.49. The van der Waals surface area contributed by atoms with Gasteiger partial charge in [-0.3, -0.25) is 4.79 Å². The topological polar surface area (TPSA) is 68.0 Å². The van der Waals surface area contributed by atoms with Crippen molar-refractivity contribution < 1.29 is 4.79 Å². The van der Waals surface area contributed by atoms with Crippen LogP contribution in [0.5, 0.6) is 0 Å². The second kappa shape index (κ2) is 4.09. The van der Waals surface area contributed by atoms with Gasteiger partial charge in [-0.1, -0.05) is 18.3 Å². The van der Waals surface area contributed by atoms with Gasteiger partial charge in [0.25, 0.3) is 0 Å². The Labute approximate surface area is 97.5 Å². The van der Waals surface area contributed by atoms with Crippen LogP contribution in [0.2, 0.25) is 0 Å². The largest absolute Gasteiger partial charge is 0.399 e. The standard InChI is InChI=1S/C11H13N3OS/c1-3-9(15)13-11-14-10-6(2)4-7(12)5-8(10)16-11/h4-5H,3,12H2,1-2H3,(H,13,14,15). The number of anilines is 2. The zero-order chi connectivity index (χ0) is 11.7. The Morgan fingerprint density at radius 2 is 2.31 bits per heavy atom. The first kappa shape index (κ1) is 10.9. The van der Waals surface area contributed by atoms with Crippen molar-refractivity contribution in [1.82, 2.24) is 4.98 Å². The molecule has 0 fully saturated rings. The fraction of sp³-hybridized carbons (Fsp3) is 0.273. The number of thiazole rings is 1. The van der Waals surface area contributed by atoms with Crippen molar-refractivity contribution >= 4 is 38.3 Å². The van der Waals surface area contributed by atoms with Crippen molar-refractivity contribution in [3.05, 3.63) is 17.7 Å². The molecule has 0 atom stereocenters. The van der Waals surface area contributed by atoms with Crippen molar-refractivity contribution in [3.63, 3.8) is 0 Å². The number of nitrogens with one attached hydrogen (secondary N) is 1. The minimum atomic E-state index is -0.0234. The lowest BCUT2D eigenvalue weighted by atomic mass is 10.2. The number of fused-ring (bicyclic) bond motifs is 1. The quantitative estimate of drug-likeness (QED) is 0.786. The summed E-state index contributed by atoms with van der Waals surface area (Å²) in [4.78, 5) is 15.6. The maximum absolute atomic E-state index is 11.2. The summed E-state index contributed by atoms with van der Waals surface area (Å²) < 4.78 is 1.00. The Morgan fingerprint density at radius 1 is 1.56 bits per heavy atom. The van der Waals surface area contributed by atoms with Crippen LogP contribution in [-0.2, 0) is 4.79 Å². The molecule has 3 N–H and O–H groups in total. The average Bonchev–Trinajstić information content (AvgIpc) is 2.60. The van der Waals surface area contributed by atoms with E-state index in [1.165, 1.54) is 11.3 Å². The SMILES string of the molecule is CCC(=O)Nc1nc2c(C)cc(N)cc2s1. The van der Waals surface area contributed by atoms with Crippen molar-refractivity contribution in [1.29, 1.82) is 0 Å². The number of nitrogens with zero attached hydrogens (tertiary/aromatic N) is 1. The van der Waals surface area contributed by atoms with Gasteiger partial charge in [0.05, 0.1) is 10.2 Å². The molecule has 0 saturated heterocycles. The van der Waals surface area contributed by atoms with Gasteiger partial charge in [-0.25, -0.2) is 4.98 Å². The molecule has 4 nitrogen and oxygen atoms in total. The molecule has 0 unspecified atom stereocenters. The lowest BCUT2D eigenvalue weighted by Crippen LogP contribution is -2.08. The number of hydrogen-bond acceptors (Lipinski definition) is 4. The predicted molar refractivity (Wildman–Crippen MR) is 67.7 cm³/mol. The number of hydrogen-bond donors (Lipinski definition) is 2. The van der Waals surface area contributed by atoms with E-state index in [1.54, 1.807) is 0 Å². The molecule has 1 amide bonds. The molecule has 1 aromatic heterocycles. The minimum Gasteiger partial charge on any atom is -0.399 e. The summed E-state index contributed by atoms with van der Waals surface area (Å²) in [5, 5.41) is 3.39. The Balaban J connectivity index is 2.44. The second-order valence-electron chi connectivity index (χ2n) is 3.61. The first-order chi connectivity index (χ1) is 7.60. The van der Waals surface area contributed by atoms with Crippen LogP contribution < -0.4 is 11.1 Å². The van der Waals surface area contributed by atoms with Gasteiger partial charge in [-0.05, 0) is 24.6 Å². The molecule has 2 rings (SSSR count). The monoisotopic (exact) mass is 235 g/mol. The van der Waals surface area contributed by atoms with Crippen LogP contribution in [-0.4, -0.2) is 10.9 Å². The highest BCUT2D eigenvalue weighted by molar-refractivity contribution is 7.22. The van der Waals surface area contributed by atoms with Crippen LogP contribution in [0, 0.1) is 6.92 Å². The lowest BCUT2D eigenvalue weighted by molar-refractivity contribution is -0.115. The van der Waals surface area contributed by atoms with Crippen LogP contribution in [0.1, 0.15) is 18.9 Å². The number of aryl methyl sites for hydroxylation is 1. The van der Waals surface area contributed by atoms with Gasteiger partial charge in [0, 0.05) is 12.1 Å². The third-order valence-corrected chi connectivity index (χ3v) is 3.19. The van der Waals surface area contributed by atoms with E-state index in [-0.39, 0.29) is 5.91 Å². The number of carbonyl (C=O) groups excluding carboxylic acids is 1. The molecular formula is C11H13N3OS. The van der Waals surface area contributed by atoms with Crippen molar-refractivity contribution in [2.45, 2.75) is 20.3 Å². The number of amides is 1. The number of rotatable bonds is 2. The zero-order valence-electron chi connectivity index (χ0n) is 9.20. The van der Waals surface area contributed by atoms with E-state index >= 15 is 0 Å². The lowest BCUT2D eigenvalue weighted by Gasteiger charge is -1.96. The molecule has 5 heteroatoms. The van der Waals surface area contributed by atoms with Crippen LogP contribution in [0.15, 0.2) is 12.1 Å². The molecule has 1 heterocycles. The van der Waals surface area contributed by atoms with Crippen LogP contribution in [0.3, 0.4) is 0 Å². The Kier molecular flexibility index (Phi) is 2.78. The van der Waals surface area contributed by atoms with E-state index in [0.29, 0.717) is 11.6 Å². The number of benzene rings is 1. The van der Waals surface area contributed by atoms with Gasteiger partial charge in [0.15, 0.2) is 5.13 Å². The summed E-state index contributed by atoms with van der Waals surface area (Å²) in [5.74, 6) is -0.0234. The highest BCUT2D eigenvalue weighted by Gasteiger charge is 2.08. The smallest absolute Gasteiger partial charge is 0.225 e. The number of aromatic nitrogens is 1. The molecule has 16 heavy (non-hydrogen) atoms. The molecule has 0 spiro atoms. The third kappa shape index (κ3) is 1.99. The molecule has 0 aliphatic heterocycles. The summed E-state index contributed by atoms with van der Waals surface area (Å²) in [6, 6.07) is 3.76. The summed E-state index contributed by atoms with van der Waals surface area (Å²) >= 11 is 1.45. The zero-order valence-corrected chi connectivity index (χ0v) is 10.0. The molecule has 84 valence electrons. The maximum Gasteiger partial charge on any atom is 0.225 e. The second-order valence-corrected chi connectivity index (χ2v) is 4.64. The fourth-order valence-electron chi connectivity index (χ4n) is 1.48. The van der Waals surface area contributed by atoms with Gasteiger partial charge in [-0.15, -0.1) is 0 Å². The van der Waals surface area contributed by atoms with Crippen molar-refractivity contribution in [2.24, 2.45) is 0 Å². The van der Waals surface area contributed by atoms with E-state index in [9.17, 15) is 4.79 Å². The molecule has 0 radical (unpaired) electrons. The highest BCUT2D eigenvalue weighted by Crippen LogP contribution is 2.30. The minimum absolute atomic E-state index is 0.0234. The van der Waals surface area contributed by atoms with Crippen LogP contribution in [0.25, 0.3) is 10.2 Å². The van der Waals surface area contributed by atoms with Gasteiger partial charge in [-0.2, -0.15) is 0 Å². The highest BCUT2D eigenvalue weighted by atomic mass is 32.1. The normalized spacial score (nSPS) is 10.6. The van der Waals surface area contributed by atoms with Gasteiger partial charge >= 0.3 is 0 Å². The molecule has 0 aliphatic rings. The molecule has 2 aromatic rings. The summed E-state index contributed by atoms with van der Waals surface area (Å²) in [6.07, 6.45) is 0.455. The molecule has 1 aromatic carbocycles. The third-order valence-electron chi connectivity index (χ3n) is 2.28. The molecule has 0 saturated carbocycles. The summed E-state index contributed by atoms with van der Waals surface area (Å²) in [6.45, 7) is 3.77. The Bertz CT molecular complexity index is 547. The van der Waals surface area contributed by atoms with E-state index in [4.69, 9.17) is 5.73 Å². The number of carbonyl (C=O) groups is 1.